The number of hydrogen-bond acceptors (Lipinski definition) is 2. The number of hydrogen-bond donors (Lipinski definition) is 0. The van der Waals surface area contributed by atoms with E-state index in [0.29, 0.717) is 11.6 Å². The standard InChI is InChI=1S/C16H17ClFN3O/c1-3-21(15-5-4-11(17)6-14(15)18)16(22)13-7-12(13)10-8-19-20(2)9-10/h4-6,8-9,12-13H,3,7H2,1-2H3/t12-,13+/m1/s1. The predicted octanol–water partition coefficient (Wildman–Crippen LogP) is 3.37. The minimum Gasteiger partial charge on any atom is -0.310 e. The second-order valence-electron chi connectivity index (χ2n) is 5.57. The maximum Gasteiger partial charge on any atom is 0.230 e. The summed E-state index contributed by atoms with van der Waals surface area (Å²) in [7, 11) is 1.85. The van der Waals surface area contributed by atoms with Gasteiger partial charge in [-0.2, -0.15) is 5.10 Å². The summed E-state index contributed by atoms with van der Waals surface area (Å²) in [4.78, 5) is 14.2. The number of aromatic nitrogens is 2. The third kappa shape index (κ3) is 2.73. The van der Waals surface area contributed by atoms with Gasteiger partial charge in [0, 0.05) is 30.7 Å². The van der Waals surface area contributed by atoms with Crippen LogP contribution in [0.1, 0.15) is 24.8 Å². The Labute approximate surface area is 133 Å². The van der Waals surface area contributed by atoms with E-state index in [0.717, 1.165) is 12.0 Å². The fraction of sp³-hybridized carbons (Fsp3) is 0.375. The normalized spacial score (nSPS) is 20.0. The molecule has 1 aromatic carbocycles. The minimum absolute atomic E-state index is 0.0439. The monoisotopic (exact) mass is 321 g/mol. The van der Waals surface area contributed by atoms with Crippen LogP contribution in [-0.2, 0) is 11.8 Å². The van der Waals surface area contributed by atoms with Crippen molar-refractivity contribution in [3.05, 3.63) is 47.0 Å². The van der Waals surface area contributed by atoms with E-state index < -0.39 is 5.82 Å². The Morgan fingerprint density at radius 2 is 2.32 bits per heavy atom. The molecule has 4 nitrogen and oxygen atoms in total. The molecule has 22 heavy (non-hydrogen) atoms. The van der Waals surface area contributed by atoms with Gasteiger partial charge >= 0.3 is 0 Å². The molecular weight excluding hydrogens is 305 g/mol. The molecule has 1 heterocycles. The van der Waals surface area contributed by atoms with E-state index in [4.69, 9.17) is 11.6 Å². The summed E-state index contributed by atoms with van der Waals surface area (Å²) in [6, 6.07) is 4.39. The molecule has 116 valence electrons. The lowest BCUT2D eigenvalue weighted by Crippen LogP contribution is -2.33. The van der Waals surface area contributed by atoms with Gasteiger partial charge in [0.25, 0.3) is 0 Å². The van der Waals surface area contributed by atoms with Crippen LogP contribution in [0.15, 0.2) is 30.6 Å². The highest BCUT2D eigenvalue weighted by Gasteiger charge is 2.46. The van der Waals surface area contributed by atoms with Crippen molar-refractivity contribution in [1.29, 1.82) is 0 Å². The first-order valence-corrected chi connectivity index (χ1v) is 7.64. The molecule has 1 aliphatic carbocycles. The average Bonchev–Trinajstić information content (AvgIpc) is 3.16. The highest BCUT2D eigenvalue weighted by atomic mass is 35.5. The molecule has 6 heteroatoms. The van der Waals surface area contributed by atoms with Crippen LogP contribution < -0.4 is 4.90 Å². The predicted molar refractivity (Wildman–Crippen MR) is 83.5 cm³/mol. The van der Waals surface area contributed by atoms with Crippen LogP contribution >= 0.6 is 11.6 Å². The molecule has 1 aliphatic rings. The van der Waals surface area contributed by atoms with Gasteiger partial charge in [-0.3, -0.25) is 9.48 Å². The van der Waals surface area contributed by atoms with Crippen LogP contribution in [0.2, 0.25) is 5.02 Å². The van der Waals surface area contributed by atoms with Gasteiger partial charge in [0.2, 0.25) is 5.91 Å². The molecule has 0 radical (unpaired) electrons. The molecule has 0 aliphatic heterocycles. The summed E-state index contributed by atoms with van der Waals surface area (Å²) in [5.74, 6) is -0.427. The Balaban J connectivity index is 1.78. The van der Waals surface area contributed by atoms with Crippen molar-refractivity contribution >= 4 is 23.2 Å². The summed E-state index contributed by atoms with van der Waals surface area (Å²) in [6.45, 7) is 2.26. The molecule has 3 rings (SSSR count). The maximum atomic E-state index is 14.1. The first kappa shape index (κ1) is 15.0. The number of halogens is 2. The molecule has 0 spiro atoms. The molecule has 1 amide bonds. The van der Waals surface area contributed by atoms with Gasteiger partial charge in [-0.25, -0.2) is 4.39 Å². The lowest BCUT2D eigenvalue weighted by molar-refractivity contribution is -0.119. The topological polar surface area (TPSA) is 38.1 Å². The van der Waals surface area contributed by atoms with E-state index in [9.17, 15) is 9.18 Å². The van der Waals surface area contributed by atoms with Gasteiger partial charge in [-0.15, -0.1) is 0 Å². The third-order valence-corrected chi connectivity index (χ3v) is 4.28. The number of amides is 1. The minimum atomic E-state index is -0.471. The molecule has 2 atom stereocenters. The van der Waals surface area contributed by atoms with E-state index in [2.05, 4.69) is 5.10 Å². The van der Waals surface area contributed by atoms with Crippen LogP contribution in [0, 0.1) is 11.7 Å². The SMILES string of the molecule is CCN(C(=O)[C@H]1C[C@@H]1c1cnn(C)c1)c1ccc(Cl)cc1F. The Morgan fingerprint density at radius 3 is 2.91 bits per heavy atom. The highest BCUT2D eigenvalue weighted by Crippen LogP contribution is 2.48. The summed E-state index contributed by atoms with van der Waals surface area (Å²) < 4.78 is 15.8. The van der Waals surface area contributed by atoms with Crippen LogP contribution in [0.4, 0.5) is 10.1 Å². The fourth-order valence-electron chi connectivity index (χ4n) is 2.81. The third-order valence-electron chi connectivity index (χ3n) is 4.04. The van der Waals surface area contributed by atoms with E-state index in [1.807, 2.05) is 20.2 Å². The molecule has 0 N–H and O–H groups in total. The van der Waals surface area contributed by atoms with Crippen LogP contribution in [0.5, 0.6) is 0 Å². The summed E-state index contributed by atoms with van der Waals surface area (Å²) >= 11 is 5.77. The second-order valence-corrected chi connectivity index (χ2v) is 6.01. The maximum absolute atomic E-state index is 14.1. The van der Waals surface area contributed by atoms with Crippen molar-refractivity contribution in [3.63, 3.8) is 0 Å². The molecule has 0 saturated heterocycles. The number of carbonyl (C=O) groups is 1. The molecular formula is C16H17ClFN3O. The Bertz CT molecular complexity index is 715. The van der Waals surface area contributed by atoms with Crippen LogP contribution in [0.25, 0.3) is 0 Å². The van der Waals surface area contributed by atoms with E-state index >= 15 is 0 Å². The fourth-order valence-corrected chi connectivity index (χ4v) is 2.97. The number of nitrogens with zero attached hydrogens (tertiary/aromatic N) is 3. The molecule has 1 aromatic heterocycles. The molecule has 0 unspecified atom stereocenters. The van der Waals surface area contributed by atoms with Crippen molar-refractivity contribution in [1.82, 2.24) is 9.78 Å². The number of benzene rings is 1. The summed E-state index contributed by atoms with van der Waals surface area (Å²) in [5, 5.41) is 4.46. The lowest BCUT2D eigenvalue weighted by Gasteiger charge is -2.22. The summed E-state index contributed by atoms with van der Waals surface area (Å²) in [5.41, 5.74) is 1.35. The van der Waals surface area contributed by atoms with Crippen LogP contribution in [-0.4, -0.2) is 22.2 Å². The van der Waals surface area contributed by atoms with E-state index in [-0.39, 0.29) is 23.4 Å². The van der Waals surface area contributed by atoms with Crippen molar-refractivity contribution in [2.45, 2.75) is 19.3 Å². The zero-order valence-electron chi connectivity index (χ0n) is 12.5. The van der Waals surface area contributed by atoms with Gasteiger partial charge in [-0.05, 0) is 43.0 Å². The highest BCUT2D eigenvalue weighted by molar-refractivity contribution is 6.30. The number of aryl methyl sites for hydroxylation is 1. The van der Waals surface area contributed by atoms with Gasteiger partial charge < -0.3 is 4.90 Å². The Hall–Kier alpha value is -1.88. The number of rotatable bonds is 4. The van der Waals surface area contributed by atoms with E-state index in [1.54, 1.807) is 23.0 Å². The lowest BCUT2D eigenvalue weighted by atomic mass is 10.1. The molecule has 0 bridgehead atoms. The Kier molecular flexibility index (Phi) is 3.91. The molecule has 1 fully saturated rings. The van der Waals surface area contributed by atoms with Crippen molar-refractivity contribution < 1.29 is 9.18 Å². The van der Waals surface area contributed by atoms with Crippen LogP contribution in [0.3, 0.4) is 0 Å². The van der Waals surface area contributed by atoms with Gasteiger partial charge in [-0.1, -0.05) is 11.6 Å². The van der Waals surface area contributed by atoms with Gasteiger partial charge in [0.1, 0.15) is 5.82 Å². The smallest absolute Gasteiger partial charge is 0.230 e. The summed E-state index contributed by atoms with van der Waals surface area (Å²) in [6.07, 6.45) is 4.50. The first-order valence-electron chi connectivity index (χ1n) is 7.26. The zero-order chi connectivity index (χ0) is 15.9. The number of anilines is 1. The van der Waals surface area contributed by atoms with Gasteiger partial charge in [0.15, 0.2) is 0 Å². The van der Waals surface area contributed by atoms with Crippen molar-refractivity contribution in [2.24, 2.45) is 13.0 Å². The zero-order valence-corrected chi connectivity index (χ0v) is 13.2. The molecule has 1 saturated carbocycles. The molecule has 2 aromatic rings. The Morgan fingerprint density at radius 1 is 1.55 bits per heavy atom. The second kappa shape index (κ2) is 5.72. The quantitative estimate of drug-likeness (QED) is 0.866. The van der Waals surface area contributed by atoms with Gasteiger partial charge in [0.05, 0.1) is 11.9 Å². The van der Waals surface area contributed by atoms with E-state index in [1.165, 1.54) is 11.0 Å². The number of carbonyl (C=O) groups excluding carboxylic acids is 1. The largest absolute Gasteiger partial charge is 0.310 e. The van der Waals surface area contributed by atoms with Crippen molar-refractivity contribution in [2.75, 3.05) is 11.4 Å². The first-order chi connectivity index (χ1) is 10.5. The van der Waals surface area contributed by atoms with Crippen molar-refractivity contribution in [3.8, 4) is 0 Å². The average molecular weight is 322 g/mol.